The molecule has 1 unspecified atom stereocenters. The van der Waals surface area contributed by atoms with Crippen LogP contribution in [0.4, 0.5) is 0 Å². The highest BCUT2D eigenvalue weighted by molar-refractivity contribution is 5.82. The van der Waals surface area contributed by atoms with E-state index in [1.165, 1.54) is 0 Å². The highest BCUT2D eigenvalue weighted by Gasteiger charge is 2.28. The van der Waals surface area contributed by atoms with Crippen molar-refractivity contribution in [3.63, 3.8) is 0 Å². The van der Waals surface area contributed by atoms with Crippen LogP contribution in [0, 0.1) is 5.41 Å². The highest BCUT2D eigenvalue weighted by Crippen LogP contribution is 2.23. The third-order valence-corrected chi connectivity index (χ3v) is 2.05. The van der Waals surface area contributed by atoms with Gasteiger partial charge in [-0.2, -0.15) is 0 Å². The second-order valence-electron chi connectivity index (χ2n) is 4.58. The summed E-state index contributed by atoms with van der Waals surface area (Å²) < 4.78 is 5.42. The van der Waals surface area contributed by atoms with Crippen LogP contribution in [-0.2, 0) is 9.53 Å². The lowest BCUT2D eigenvalue weighted by atomic mass is 9.97. The van der Waals surface area contributed by atoms with E-state index in [4.69, 9.17) is 9.84 Å². The molecule has 0 aromatic carbocycles. The number of rotatable bonds is 3. The molecule has 0 aromatic heterocycles. The lowest BCUT2D eigenvalue weighted by Crippen LogP contribution is -2.20. The summed E-state index contributed by atoms with van der Waals surface area (Å²) in [6.45, 7) is 6.63. The maximum atomic E-state index is 10.3. The molecule has 0 aromatic rings. The molecule has 0 aliphatic carbocycles. The van der Waals surface area contributed by atoms with E-state index in [-0.39, 0.29) is 17.9 Å². The van der Waals surface area contributed by atoms with Crippen LogP contribution in [0.25, 0.3) is 0 Å². The molecular weight excluding hydrogens is 182 g/mol. The first-order chi connectivity index (χ1) is 6.39. The molecule has 4 nitrogen and oxygen atoms in total. The molecule has 80 valence electrons. The molecule has 1 aliphatic rings. The van der Waals surface area contributed by atoms with Gasteiger partial charge in [0.15, 0.2) is 5.90 Å². The molecule has 1 rings (SSSR count). The Morgan fingerprint density at radius 2 is 2.29 bits per heavy atom. The molecule has 1 aliphatic heterocycles. The highest BCUT2D eigenvalue weighted by atomic mass is 16.5. The molecule has 1 heterocycles. The third-order valence-electron chi connectivity index (χ3n) is 2.05. The molecule has 0 fully saturated rings. The Morgan fingerprint density at radius 1 is 1.64 bits per heavy atom. The number of aliphatic imine (C=N–C) groups is 1. The van der Waals surface area contributed by atoms with Gasteiger partial charge in [0.2, 0.25) is 0 Å². The quantitative estimate of drug-likeness (QED) is 0.752. The second-order valence-corrected chi connectivity index (χ2v) is 4.58. The Hall–Kier alpha value is -1.06. The van der Waals surface area contributed by atoms with Crippen molar-refractivity contribution >= 4 is 11.9 Å². The van der Waals surface area contributed by atoms with Crippen molar-refractivity contribution in [1.82, 2.24) is 0 Å². The molecular formula is C10H17NO3. The predicted molar refractivity (Wildman–Crippen MR) is 53.5 cm³/mol. The van der Waals surface area contributed by atoms with Gasteiger partial charge in [-0.05, 0) is 6.42 Å². The van der Waals surface area contributed by atoms with Crippen molar-refractivity contribution in [2.24, 2.45) is 10.4 Å². The largest absolute Gasteiger partial charge is 0.481 e. The Bertz CT molecular complexity index is 253. The summed E-state index contributed by atoms with van der Waals surface area (Å²) in [4.78, 5) is 14.7. The van der Waals surface area contributed by atoms with Crippen LogP contribution in [-0.4, -0.2) is 29.6 Å². The number of carbonyl (C=O) groups is 1. The first-order valence-corrected chi connectivity index (χ1v) is 4.82. The smallest absolute Gasteiger partial charge is 0.303 e. The van der Waals surface area contributed by atoms with Crippen LogP contribution in [0.2, 0.25) is 0 Å². The molecule has 0 radical (unpaired) electrons. The maximum absolute atomic E-state index is 10.3. The van der Waals surface area contributed by atoms with Crippen LogP contribution < -0.4 is 0 Å². The minimum Gasteiger partial charge on any atom is -0.481 e. The molecule has 0 spiro atoms. The minimum atomic E-state index is -0.774. The van der Waals surface area contributed by atoms with Crippen LogP contribution in [0.15, 0.2) is 4.99 Å². The molecule has 0 saturated carbocycles. The Balaban J connectivity index is 2.46. The molecule has 1 atom stereocenters. The number of carboxylic acid groups (broad SMARTS) is 1. The molecule has 14 heavy (non-hydrogen) atoms. The van der Waals surface area contributed by atoms with Gasteiger partial charge in [0, 0.05) is 11.8 Å². The summed E-state index contributed by atoms with van der Waals surface area (Å²) in [5.41, 5.74) is -0.0715. The second kappa shape index (κ2) is 3.98. The van der Waals surface area contributed by atoms with E-state index in [1.807, 2.05) is 20.8 Å². The molecule has 0 bridgehead atoms. The average Bonchev–Trinajstić information content (AvgIpc) is 2.47. The number of aliphatic carboxylic acids is 1. The monoisotopic (exact) mass is 199 g/mol. The maximum Gasteiger partial charge on any atom is 0.303 e. The van der Waals surface area contributed by atoms with E-state index in [1.54, 1.807) is 0 Å². The van der Waals surface area contributed by atoms with E-state index >= 15 is 0 Å². The van der Waals surface area contributed by atoms with Crippen LogP contribution in [0.1, 0.15) is 33.6 Å². The lowest BCUT2D eigenvalue weighted by molar-refractivity contribution is -0.137. The molecule has 1 N–H and O–H groups in total. The number of hydrogen-bond acceptors (Lipinski definition) is 3. The van der Waals surface area contributed by atoms with Gasteiger partial charge in [0.05, 0.1) is 6.04 Å². The number of ether oxygens (including phenoxy) is 1. The zero-order valence-corrected chi connectivity index (χ0v) is 8.91. The van der Waals surface area contributed by atoms with E-state index in [0.717, 1.165) is 5.90 Å². The summed E-state index contributed by atoms with van der Waals surface area (Å²) in [7, 11) is 0. The van der Waals surface area contributed by atoms with Gasteiger partial charge in [0.1, 0.15) is 6.61 Å². The summed E-state index contributed by atoms with van der Waals surface area (Å²) in [6, 6.07) is 0.0281. The van der Waals surface area contributed by atoms with Crippen molar-refractivity contribution in [2.75, 3.05) is 6.61 Å². The summed E-state index contributed by atoms with van der Waals surface area (Å²) in [5, 5.41) is 8.51. The first-order valence-electron chi connectivity index (χ1n) is 4.82. The fraction of sp³-hybridized carbons (Fsp3) is 0.800. The normalized spacial score (nSPS) is 21.6. The zero-order valence-electron chi connectivity index (χ0n) is 8.91. The Labute approximate surface area is 84.0 Å². The average molecular weight is 199 g/mol. The topological polar surface area (TPSA) is 58.9 Å². The van der Waals surface area contributed by atoms with Crippen molar-refractivity contribution in [3.05, 3.63) is 0 Å². The Morgan fingerprint density at radius 3 is 2.71 bits per heavy atom. The van der Waals surface area contributed by atoms with Gasteiger partial charge in [-0.3, -0.25) is 4.79 Å². The molecule has 4 heteroatoms. The van der Waals surface area contributed by atoms with E-state index < -0.39 is 5.97 Å². The van der Waals surface area contributed by atoms with Gasteiger partial charge in [-0.15, -0.1) is 0 Å². The van der Waals surface area contributed by atoms with Crippen LogP contribution in [0.5, 0.6) is 0 Å². The summed E-state index contributed by atoms with van der Waals surface area (Å²) >= 11 is 0. The zero-order chi connectivity index (χ0) is 10.8. The van der Waals surface area contributed by atoms with Crippen LogP contribution in [0.3, 0.4) is 0 Å². The lowest BCUT2D eigenvalue weighted by Gasteiger charge is -2.16. The van der Waals surface area contributed by atoms with Crippen molar-refractivity contribution in [3.8, 4) is 0 Å². The number of nitrogens with zero attached hydrogens (tertiary/aromatic N) is 1. The molecule has 0 amide bonds. The molecule has 0 saturated heterocycles. The van der Waals surface area contributed by atoms with Crippen molar-refractivity contribution in [1.29, 1.82) is 0 Å². The fourth-order valence-corrected chi connectivity index (χ4v) is 1.26. The van der Waals surface area contributed by atoms with E-state index in [2.05, 4.69) is 4.99 Å². The summed E-state index contributed by atoms with van der Waals surface area (Å²) in [5.74, 6) is -0.0303. The summed E-state index contributed by atoms with van der Waals surface area (Å²) in [6.07, 6.45) is 0.726. The van der Waals surface area contributed by atoms with Gasteiger partial charge < -0.3 is 9.84 Å². The predicted octanol–water partition coefficient (Wildman–Crippen LogP) is 1.69. The minimum absolute atomic E-state index is 0.0281. The van der Waals surface area contributed by atoms with Gasteiger partial charge in [-0.1, -0.05) is 20.8 Å². The van der Waals surface area contributed by atoms with Gasteiger partial charge in [-0.25, -0.2) is 4.99 Å². The fourth-order valence-electron chi connectivity index (χ4n) is 1.26. The first kappa shape index (κ1) is 11.0. The SMILES string of the molecule is CC(C)(C)C1=NC(CCC(=O)O)CO1. The van der Waals surface area contributed by atoms with E-state index in [0.29, 0.717) is 13.0 Å². The third kappa shape index (κ3) is 3.01. The standard InChI is InChI=1S/C10H17NO3/c1-10(2,3)9-11-7(6-14-9)4-5-8(12)13/h7H,4-6H2,1-3H3,(H,12,13). The van der Waals surface area contributed by atoms with Crippen LogP contribution >= 0.6 is 0 Å². The van der Waals surface area contributed by atoms with Gasteiger partial charge in [0.25, 0.3) is 0 Å². The number of hydrogen-bond donors (Lipinski definition) is 1. The van der Waals surface area contributed by atoms with E-state index in [9.17, 15) is 4.79 Å². The Kier molecular flexibility index (Phi) is 3.13. The van der Waals surface area contributed by atoms with Gasteiger partial charge >= 0.3 is 5.97 Å². The van der Waals surface area contributed by atoms with Crippen molar-refractivity contribution < 1.29 is 14.6 Å². The van der Waals surface area contributed by atoms with Crippen molar-refractivity contribution in [2.45, 2.75) is 39.7 Å². The number of carboxylic acids is 1.